The maximum Gasteiger partial charge on any atom is 0.547 e. The van der Waals surface area contributed by atoms with Crippen LogP contribution >= 0.6 is 0 Å². The van der Waals surface area contributed by atoms with Crippen LogP contribution in [0.3, 0.4) is 0 Å². The van der Waals surface area contributed by atoms with Crippen LogP contribution in [0.2, 0.25) is 0 Å². The molecule has 0 saturated heterocycles. The molecule has 7 heavy (non-hydrogen) atoms. The summed E-state index contributed by atoms with van der Waals surface area (Å²) in [6.45, 7) is 0. The van der Waals surface area contributed by atoms with Gasteiger partial charge in [0.25, 0.3) is 0 Å². The van der Waals surface area contributed by atoms with E-state index >= 15 is 0 Å². The van der Waals surface area contributed by atoms with Gasteiger partial charge in [-0.15, -0.1) is 0 Å². The minimum Gasteiger partial charge on any atom is -0.434 e. The fourth-order valence-electron chi connectivity index (χ4n) is 0.142. The van der Waals surface area contributed by atoms with E-state index in [0.717, 1.165) is 0 Å². The highest BCUT2D eigenvalue weighted by atomic mass is 27.1. The summed E-state index contributed by atoms with van der Waals surface area (Å²) >= 11 is -0.825. The monoisotopic (exact) mass is 116 g/mol. The molecule has 0 aromatic heterocycles. The van der Waals surface area contributed by atoms with Crippen molar-refractivity contribution in [1.82, 2.24) is 8.60 Å². The third-order valence-electron chi connectivity index (χ3n) is 0.371. The minimum atomic E-state index is -0.825. The molecule has 0 atom stereocenters. The molecule has 0 fully saturated rings. The molecular formula is C2H5AlN2O2. The average molecular weight is 116 g/mol. The van der Waals surface area contributed by atoms with Gasteiger partial charge < -0.3 is 8.60 Å². The molecule has 0 unspecified atom stereocenters. The molecule has 5 heteroatoms. The number of hydrogen-bond donors (Lipinski definition) is 2. The maximum absolute atomic E-state index is 9.45. The molecule has 2 amide bonds. The second kappa shape index (κ2) is 5.47. The van der Waals surface area contributed by atoms with E-state index in [1.165, 1.54) is 0 Å². The Kier molecular flexibility index (Phi) is 5.06. The van der Waals surface area contributed by atoms with E-state index in [9.17, 15) is 9.59 Å². The highest BCUT2D eigenvalue weighted by molar-refractivity contribution is 6.35. The molecule has 0 heterocycles. The van der Waals surface area contributed by atoms with Gasteiger partial charge in [-0.1, -0.05) is 0 Å². The summed E-state index contributed by atoms with van der Waals surface area (Å²) < 4.78 is 4.73. The van der Waals surface area contributed by atoms with Crippen molar-refractivity contribution in [2.75, 3.05) is 0 Å². The van der Waals surface area contributed by atoms with E-state index in [0.29, 0.717) is 12.8 Å². The first kappa shape index (κ1) is 6.47. The van der Waals surface area contributed by atoms with Crippen LogP contribution in [-0.4, -0.2) is 28.5 Å². The number of hydrogen-bond acceptors (Lipinski definition) is 2. The van der Waals surface area contributed by atoms with E-state index in [2.05, 4.69) is 8.60 Å². The Balaban J connectivity index is 2.68. The summed E-state index contributed by atoms with van der Waals surface area (Å²) in [5, 5.41) is 0. The van der Waals surface area contributed by atoms with Crippen LogP contribution in [-0.2, 0) is 9.59 Å². The van der Waals surface area contributed by atoms with Crippen molar-refractivity contribution in [1.29, 1.82) is 0 Å². The maximum atomic E-state index is 9.45. The van der Waals surface area contributed by atoms with E-state index in [1.807, 2.05) is 0 Å². The summed E-state index contributed by atoms with van der Waals surface area (Å²) in [6, 6.07) is 0. The number of nitrogens with one attached hydrogen (secondary N) is 2. The molecule has 0 aliphatic heterocycles. The molecular weight excluding hydrogens is 111 g/mol. The van der Waals surface area contributed by atoms with Crippen LogP contribution in [0.5, 0.6) is 0 Å². The van der Waals surface area contributed by atoms with Gasteiger partial charge in [0.1, 0.15) is 0 Å². The van der Waals surface area contributed by atoms with Gasteiger partial charge in [0.05, 0.1) is 0 Å². The fraction of sp³-hybridized carbons (Fsp3) is 0. The van der Waals surface area contributed by atoms with Crippen LogP contribution in [0, 0.1) is 0 Å². The van der Waals surface area contributed by atoms with Crippen molar-refractivity contribution in [3.8, 4) is 0 Å². The second-order valence-corrected chi connectivity index (χ2v) is 1.99. The quantitative estimate of drug-likeness (QED) is 0.247. The van der Waals surface area contributed by atoms with Crippen LogP contribution in [0.15, 0.2) is 0 Å². The summed E-state index contributed by atoms with van der Waals surface area (Å²) in [5.41, 5.74) is 0. The van der Waals surface area contributed by atoms with Gasteiger partial charge in [0.2, 0.25) is 0 Å². The van der Waals surface area contributed by atoms with Crippen molar-refractivity contribution in [2.24, 2.45) is 0 Å². The van der Waals surface area contributed by atoms with Crippen molar-refractivity contribution < 1.29 is 9.59 Å². The first-order valence-corrected chi connectivity index (χ1v) is 3.17. The average Bonchev–Trinajstić information content (AvgIpc) is 1.69. The molecule has 0 aromatic rings. The van der Waals surface area contributed by atoms with E-state index in [-0.39, 0.29) is 0 Å². The zero-order chi connectivity index (χ0) is 5.54. The fourth-order valence-corrected chi connectivity index (χ4v) is 0.427. The summed E-state index contributed by atoms with van der Waals surface area (Å²) in [7, 11) is 0. The molecule has 38 valence electrons. The number of carbonyl (C=O) groups is 2. The third-order valence-corrected chi connectivity index (χ3v) is 1.11. The predicted octanol–water partition coefficient (Wildman–Crippen LogP) is -2.26. The van der Waals surface area contributed by atoms with Gasteiger partial charge in [-0.05, 0) is 0 Å². The number of rotatable bonds is 4. The van der Waals surface area contributed by atoms with Crippen molar-refractivity contribution in [3.05, 3.63) is 0 Å². The molecule has 4 nitrogen and oxygen atoms in total. The van der Waals surface area contributed by atoms with Gasteiger partial charge in [0, 0.05) is 0 Å². The molecule has 0 radical (unpaired) electrons. The Morgan fingerprint density at radius 3 is 1.86 bits per heavy atom. The van der Waals surface area contributed by atoms with Crippen molar-refractivity contribution >= 4 is 28.5 Å². The van der Waals surface area contributed by atoms with Crippen molar-refractivity contribution in [2.45, 2.75) is 0 Å². The number of amides is 2. The largest absolute Gasteiger partial charge is 0.547 e. The second-order valence-electron chi connectivity index (χ2n) is 0.821. The molecule has 0 spiro atoms. The summed E-state index contributed by atoms with van der Waals surface area (Å²) in [4.78, 5) is 18.9. The normalized spacial score (nSPS) is 6.29. The number of carbonyl (C=O) groups excluding carboxylic acids is 2. The van der Waals surface area contributed by atoms with E-state index < -0.39 is 15.7 Å². The highest BCUT2D eigenvalue weighted by Gasteiger charge is 1.83. The lowest BCUT2D eigenvalue weighted by Crippen LogP contribution is -2.30. The smallest absolute Gasteiger partial charge is 0.434 e. The Bertz CT molecular complexity index is 58.7. The van der Waals surface area contributed by atoms with E-state index in [4.69, 9.17) is 0 Å². The first-order chi connectivity index (χ1) is 3.41. The van der Waals surface area contributed by atoms with Gasteiger partial charge in [-0.2, -0.15) is 0 Å². The zero-order valence-electron chi connectivity index (χ0n) is 3.68. The standard InChI is InChI=1S/2CH3NO.Al.H/c2*2-1-3;;/h2*1H,(H2,2,3);;/q;;+2;/p-2. The molecule has 2 N–H and O–H groups in total. The molecule has 0 saturated carbocycles. The highest BCUT2D eigenvalue weighted by Crippen LogP contribution is 1.30. The van der Waals surface area contributed by atoms with Gasteiger partial charge >= 0.3 is 15.7 Å². The molecule has 0 rings (SSSR count). The topological polar surface area (TPSA) is 58.2 Å². The molecule has 0 aromatic carbocycles. The Morgan fingerprint density at radius 1 is 1.14 bits per heavy atom. The van der Waals surface area contributed by atoms with Crippen LogP contribution < -0.4 is 8.60 Å². The van der Waals surface area contributed by atoms with Crippen LogP contribution in [0.1, 0.15) is 0 Å². The lowest BCUT2D eigenvalue weighted by molar-refractivity contribution is -0.108. The molecule has 0 bridgehead atoms. The Hall–Kier alpha value is -0.528. The SMILES string of the molecule is O=C[NH][AlH][NH]C=O. The van der Waals surface area contributed by atoms with Crippen LogP contribution in [0.25, 0.3) is 0 Å². The van der Waals surface area contributed by atoms with Gasteiger partial charge in [-0.3, -0.25) is 9.59 Å². The lowest BCUT2D eigenvalue weighted by Gasteiger charge is -1.85. The summed E-state index contributed by atoms with van der Waals surface area (Å²) in [5.74, 6) is 0. The van der Waals surface area contributed by atoms with E-state index in [1.54, 1.807) is 0 Å². The third kappa shape index (κ3) is 5.47. The minimum absolute atomic E-state index is 0.572. The molecule has 0 aliphatic rings. The Labute approximate surface area is 47.4 Å². The summed E-state index contributed by atoms with van der Waals surface area (Å²) in [6.07, 6.45) is 1.14. The predicted molar refractivity (Wildman–Crippen MR) is 25.5 cm³/mol. The van der Waals surface area contributed by atoms with Gasteiger partial charge in [-0.25, -0.2) is 0 Å². The van der Waals surface area contributed by atoms with Gasteiger partial charge in [0.15, 0.2) is 12.8 Å². The molecule has 0 aliphatic carbocycles. The lowest BCUT2D eigenvalue weighted by atomic mass is 11.5. The Morgan fingerprint density at radius 2 is 1.57 bits per heavy atom. The zero-order valence-corrected chi connectivity index (χ0v) is 5.09. The first-order valence-electron chi connectivity index (χ1n) is 1.76. The van der Waals surface area contributed by atoms with Crippen LogP contribution in [0.4, 0.5) is 0 Å². The van der Waals surface area contributed by atoms with Crippen molar-refractivity contribution in [3.63, 3.8) is 0 Å².